The molecule has 0 aliphatic carbocycles. The number of carbonyl (C=O) groups excluding carboxylic acids is 1. The van der Waals surface area contributed by atoms with Gasteiger partial charge in [-0.15, -0.1) is 0 Å². The molecule has 0 saturated heterocycles. The average molecular weight is 261 g/mol. The number of carbonyl (C=O) groups is 1. The van der Waals surface area contributed by atoms with Crippen LogP contribution in [-0.4, -0.2) is 31.3 Å². The summed E-state index contributed by atoms with van der Waals surface area (Å²) in [6, 6.07) is 6.64. The Morgan fingerprint density at radius 3 is 2.67 bits per heavy atom. The molecule has 1 heterocycles. The Morgan fingerprint density at radius 2 is 2.00 bits per heavy atom. The summed E-state index contributed by atoms with van der Waals surface area (Å²) in [6.45, 7) is -1.49. The minimum absolute atomic E-state index is 0.110. The van der Waals surface area contributed by atoms with Crippen LogP contribution >= 0.6 is 0 Å². The van der Waals surface area contributed by atoms with Gasteiger partial charge in [0, 0.05) is 0 Å². The molecule has 98 valence electrons. The maximum atomic E-state index is 11.9. The first kappa shape index (κ1) is 12.5. The standard InChI is InChI=1S/C11H10F3NO3/c12-11(13,14)6-15-10(16)9-5-17-7-3-1-2-4-8(7)18-9/h1-4,9H,5-6H2,(H,15,16)/t9-/m0/s1. The summed E-state index contributed by atoms with van der Waals surface area (Å²) < 4.78 is 46.3. The van der Waals surface area contributed by atoms with Gasteiger partial charge in [-0.2, -0.15) is 13.2 Å². The van der Waals surface area contributed by atoms with Gasteiger partial charge in [0.05, 0.1) is 0 Å². The van der Waals surface area contributed by atoms with E-state index >= 15 is 0 Å². The minimum atomic E-state index is -4.44. The molecule has 1 aromatic carbocycles. The third kappa shape index (κ3) is 3.06. The number of fused-ring (bicyclic) bond motifs is 1. The molecule has 1 aromatic rings. The molecule has 4 nitrogen and oxygen atoms in total. The number of amides is 1. The van der Waals surface area contributed by atoms with Crippen LogP contribution < -0.4 is 14.8 Å². The van der Waals surface area contributed by atoms with Crippen LogP contribution in [0.1, 0.15) is 0 Å². The molecule has 0 bridgehead atoms. The highest BCUT2D eigenvalue weighted by Gasteiger charge is 2.32. The van der Waals surface area contributed by atoms with Gasteiger partial charge in [0.25, 0.3) is 5.91 Å². The molecule has 2 rings (SSSR count). The van der Waals surface area contributed by atoms with Crippen LogP contribution in [0.2, 0.25) is 0 Å². The zero-order chi connectivity index (χ0) is 13.2. The van der Waals surface area contributed by atoms with Crippen LogP contribution in [0.4, 0.5) is 13.2 Å². The summed E-state index contributed by atoms with van der Waals surface area (Å²) in [7, 11) is 0. The molecule has 0 radical (unpaired) electrons. The van der Waals surface area contributed by atoms with Crippen LogP contribution in [0.25, 0.3) is 0 Å². The molecule has 0 saturated carbocycles. The molecule has 0 unspecified atom stereocenters. The van der Waals surface area contributed by atoms with E-state index in [9.17, 15) is 18.0 Å². The van der Waals surface area contributed by atoms with E-state index in [2.05, 4.69) is 0 Å². The topological polar surface area (TPSA) is 47.6 Å². The molecule has 7 heteroatoms. The molecule has 1 N–H and O–H groups in total. The van der Waals surface area contributed by atoms with Gasteiger partial charge >= 0.3 is 6.18 Å². The Kier molecular flexibility index (Phi) is 3.31. The second kappa shape index (κ2) is 4.75. The van der Waals surface area contributed by atoms with Crippen LogP contribution in [0.5, 0.6) is 11.5 Å². The fourth-order valence-corrected chi connectivity index (χ4v) is 1.45. The number of para-hydroxylation sites is 2. The summed E-state index contributed by atoms with van der Waals surface area (Å²) in [6.07, 6.45) is -5.51. The zero-order valence-electron chi connectivity index (χ0n) is 9.16. The third-order valence-electron chi connectivity index (χ3n) is 2.26. The first-order valence-electron chi connectivity index (χ1n) is 5.19. The molecule has 1 aliphatic heterocycles. The predicted molar refractivity (Wildman–Crippen MR) is 55.4 cm³/mol. The van der Waals surface area contributed by atoms with E-state index in [4.69, 9.17) is 9.47 Å². The van der Waals surface area contributed by atoms with Crippen molar-refractivity contribution in [1.82, 2.24) is 5.32 Å². The van der Waals surface area contributed by atoms with Crippen molar-refractivity contribution in [2.45, 2.75) is 12.3 Å². The van der Waals surface area contributed by atoms with Crippen molar-refractivity contribution in [3.63, 3.8) is 0 Å². The number of benzene rings is 1. The van der Waals surface area contributed by atoms with Gasteiger partial charge in [-0.25, -0.2) is 0 Å². The summed E-state index contributed by atoms with van der Waals surface area (Å²) >= 11 is 0. The third-order valence-corrected chi connectivity index (χ3v) is 2.26. The molecule has 1 aliphatic rings. The monoisotopic (exact) mass is 261 g/mol. The highest BCUT2D eigenvalue weighted by atomic mass is 19.4. The number of halogens is 3. The average Bonchev–Trinajstić information content (AvgIpc) is 2.34. The second-order valence-electron chi connectivity index (χ2n) is 3.70. The summed E-state index contributed by atoms with van der Waals surface area (Å²) in [5, 5.41) is 1.75. The lowest BCUT2D eigenvalue weighted by Crippen LogP contribution is -2.46. The lowest BCUT2D eigenvalue weighted by molar-refractivity contribution is -0.144. The molecule has 18 heavy (non-hydrogen) atoms. The van der Waals surface area contributed by atoms with Gasteiger partial charge in [0.2, 0.25) is 6.10 Å². The smallest absolute Gasteiger partial charge is 0.405 e. The summed E-state index contributed by atoms with van der Waals surface area (Å²) in [5.41, 5.74) is 0. The molecule has 1 amide bonds. The Bertz CT molecular complexity index is 447. The lowest BCUT2D eigenvalue weighted by Gasteiger charge is -2.25. The fraction of sp³-hybridized carbons (Fsp3) is 0.364. The summed E-state index contributed by atoms with van der Waals surface area (Å²) in [5.74, 6) is -0.0323. The van der Waals surface area contributed by atoms with E-state index in [-0.39, 0.29) is 6.61 Å². The maximum absolute atomic E-state index is 11.9. The number of hydrogen-bond acceptors (Lipinski definition) is 3. The number of rotatable bonds is 2. The fourth-order valence-electron chi connectivity index (χ4n) is 1.45. The molecule has 1 atom stereocenters. The number of alkyl halides is 3. The molecular weight excluding hydrogens is 251 g/mol. The van der Waals surface area contributed by atoms with Crippen molar-refractivity contribution >= 4 is 5.91 Å². The zero-order valence-corrected chi connectivity index (χ0v) is 9.16. The Labute approximate surface area is 101 Å². The largest absolute Gasteiger partial charge is 0.485 e. The van der Waals surface area contributed by atoms with Gasteiger partial charge in [0.1, 0.15) is 13.2 Å². The van der Waals surface area contributed by atoms with Gasteiger partial charge < -0.3 is 14.8 Å². The van der Waals surface area contributed by atoms with Crippen LogP contribution in [0.3, 0.4) is 0 Å². The normalized spacial score (nSPS) is 18.3. The van der Waals surface area contributed by atoms with E-state index in [0.717, 1.165) is 0 Å². The van der Waals surface area contributed by atoms with Crippen molar-refractivity contribution in [1.29, 1.82) is 0 Å². The molecule has 0 aromatic heterocycles. The maximum Gasteiger partial charge on any atom is 0.405 e. The second-order valence-corrected chi connectivity index (χ2v) is 3.70. The van der Waals surface area contributed by atoms with Crippen LogP contribution in [-0.2, 0) is 4.79 Å². The number of hydrogen-bond donors (Lipinski definition) is 1. The van der Waals surface area contributed by atoms with E-state index in [0.29, 0.717) is 11.5 Å². The summed E-state index contributed by atoms with van der Waals surface area (Å²) in [4.78, 5) is 11.4. The minimum Gasteiger partial charge on any atom is -0.485 e. The predicted octanol–water partition coefficient (Wildman–Crippen LogP) is 1.50. The Balaban J connectivity index is 1.95. The van der Waals surface area contributed by atoms with E-state index in [1.807, 2.05) is 0 Å². The first-order chi connectivity index (χ1) is 8.46. The molecule has 0 spiro atoms. The van der Waals surface area contributed by atoms with Crippen molar-refractivity contribution in [2.75, 3.05) is 13.2 Å². The van der Waals surface area contributed by atoms with Crippen molar-refractivity contribution in [3.8, 4) is 11.5 Å². The van der Waals surface area contributed by atoms with Gasteiger partial charge in [-0.05, 0) is 12.1 Å². The van der Waals surface area contributed by atoms with Gasteiger partial charge in [0.15, 0.2) is 11.5 Å². The first-order valence-corrected chi connectivity index (χ1v) is 5.19. The van der Waals surface area contributed by atoms with Crippen molar-refractivity contribution < 1.29 is 27.4 Å². The SMILES string of the molecule is O=C(NCC(F)(F)F)[C@@H]1COc2ccccc2O1. The quantitative estimate of drug-likeness (QED) is 0.877. The molecular formula is C11H10F3NO3. The lowest BCUT2D eigenvalue weighted by atomic mass is 10.2. The highest BCUT2D eigenvalue weighted by molar-refractivity contribution is 5.81. The highest BCUT2D eigenvalue weighted by Crippen LogP contribution is 2.30. The number of nitrogens with one attached hydrogen (secondary N) is 1. The van der Waals surface area contributed by atoms with Gasteiger partial charge in [-0.3, -0.25) is 4.79 Å². The van der Waals surface area contributed by atoms with Crippen LogP contribution in [0.15, 0.2) is 24.3 Å². The van der Waals surface area contributed by atoms with Crippen LogP contribution in [0, 0.1) is 0 Å². The van der Waals surface area contributed by atoms with E-state index in [1.165, 1.54) is 0 Å². The Morgan fingerprint density at radius 1 is 1.33 bits per heavy atom. The number of ether oxygens (including phenoxy) is 2. The van der Waals surface area contributed by atoms with Gasteiger partial charge in [-0.1, -0.05) is 12.1 Å². The van der Waals surface area contributed by atoms with E-state index in [1.54, 1.807) is 29.6 Å². The van der Waals surface area contributed by atoms with E-state index < -0.39 is 24.7 Å². The van der Waals surface area contributed by atoms with Crippen molar-refractivity contribution in [2.24, 2.45) is 0 Å². The van der Waals surface area contributed by atoms with Crippen molar-refractivity contribution in [3.05, 3.63) is 24.3 Å². The molecule has 0 fully saturated rings. The Hall–Kier alpha value is -1.92.